The number of hydrogen-bond acceptors (Lipinski definition) is 4. The van der Waals surface area contributed by atoms with Crippen LogP contribution in [0.3, 0.4) is 0 Å². The second kappa shape index (κ2) is 6.38. The molecule has 4 aromatic rings. The second-order valence-corrected chi connectivity index (χ2v) is 5.18. The summed E-state index contributed by atoms with van der Waals surface area (Å²) >= 11 is 0. The number of rotatable bonds is 4. The molecule has 0 aliphatic heterocycles. The molecule has 0 amide bonds. The summed E-state index contributed by atoms with van der Waals surface area (Å²) in [5.74, 6) is 3.05. The van der Waals surface area contributed by atoms with Gasteiger partial charge in [-0.1, -0.05) is 24.3 Å². The van der Waals surface area contributed by atoms with Gasteiger partial charge in [-0.15, -0.1) is 0 Å². The summed E-state index contributed by atoms with van der Waals surface area (Å²) in [5.41, 5.74) is 0. The van der Waals surface area contributed by atoms with Crippen molar-refractivity contribution in [2.45, 2.75) is 0 Å². The summed E-state index contributed by atoms with van der Waals surface area (Å²) in [6.45, 7) is 0. The second-order valence-electron chi connectivity index (χ2n) is 5.18. The van der Waals surface area contributed by atoms with Crippen molar-refractivity contribution < 1.29 is 9.47 Å². The van der Waals surface area contributed by atoms with E-state index < -0.39 is 0 Å². The molecule has 4 heteroatoms. The lowest BCUT2D eigenvalue weighted by Crippen LogP contribution is -1.89. The Kier molecular flexibility index (Phi) is 3.78. The van der Waals surface area contributed by atoms with E-state index in [1.54, 1.807) is 24.8 Å². The molecule has 0 radical (unpaired) electrons. The molecule has 4 nitrogen and oxygen atoms in total. The van der Waals surface area contributed by atoms with Crippen molar-refractivity contribution in [3.05, 3.63) is 85.5 Å². The highest BCUT2D eigenvalue weighted by Gasteiger charge is 2.08. The Bertz CT molecular complexity index is 876. The summed E-state index contributed by atoms with van der Waals surface area (Å²) < 4.78 is 12.0. The van der Waals surface area contributed by atoms with Crippen LogP contribution >= 0.6 is 0 Å². The average molecular weight is 314 g/mol. The quantitative estimate of drug-likeness (QED) is 0.518. The Morgan fingerprint density at radius 2 is 0.917 bits per heavy atom. The van der Waals surface area contributed by atoms with E-state index in [1.165, 1.54) is 0 Å². The first kappa shape index (κ1) is 14.2. The third-order valence-corrected chi connectivity index (χ3v) is 3.60. The molecule has 0 saturated heterocycles. The minimum Gasteiger partial charge on any atom is -0.457 e. The third-order valence-electron chi connectivity index (χ3n) is 3.60. The predicted molar refractivity (Wildman–Crippen MR) is 92.6 cm³/mol. The SMILES string of the molecule is c1cc(Oc2ccncc2)c2cccc(Oc3ccncc3)c2c1. The number of fused-ring (bicyclic) bond motifs is 1. The van der Waals surface area contributed by atoms with Crippen molar-refractivity contribution in [1.82, 2.24) is 9.97 Å². The molecule has 2 aromatic heterocycles. The van der Waals surface area contributed by atoms with Gasteiger partial charge in [0.15, 0.2) is 0 Å². The maximum Gasteiger partial charge on any atom is 0.135 e. The van der Waals surface area contributed by atoms with Gasteiger partial charge in [0.05, 0.1) is 0 Å². The first-order valence-corrected chi connectivity index (χ1v) is 7.58. The molecule has 0 spiro atoms. The minimum atomic E-state index is 0.748. The van der Waals surface area contributed by atoms with Crippen molar-refractivity contribution >= 4 is 10.8 Å². The molecule has 24 heavy (non-hydrogen) atoms. The van der Waals surface area contributed by atoms with E-state index in [2.05, 4.69) is 9.97 Å². The molecule has 0 unspecified atom stereocenters. The summed E-state index contributed by atoms with van der Waals surface area (Å²) in [6.07, 6.45) is 6.83. The van der Waals surface area contributed by atoms with Crippen LogP contribution in [0.5, 0.6) is 23.0 Å². The van der Waals surface area contributed by atoms with Gasteiger partial charge in [0.1, 0.15) is 23.0 Å². The standard InChI is InChI=1S/C20H14N2O2/c1-3-17-18(19(5-1)23-15-7-11-21-12-8-15)4-2-6-20(17)24-16-9-13-22-14-10-16/h1-14H. The molecule has 0 atom stereocenters. The van der Waals surface area contributed by atoms with E-state index >= 15 is 0 Å². The molecule has 0 saturated carbocycles. The molecule has 0 bridgehead atoms. The van der Waals surface area contributed by atoms with Gasteiger partial charge in [0.2, 0.25) is 0 Å². The van der Waals surface area contributed by atoms with Crippen LogP contribution in [0.4, 0.5) is 0 Å². The van der Waals surface area contributed by atoms with Gasteiger partial charge in [-0.2, -0.15) is 0 Å². The van der Waals surface area contributed by atoms with Crippen molar-refractivity contribution in [1.29, 1.82) is 0 Å². The smallest absolute Gasteiger partial charge is 0.135 e. The van der Waals surface area contributed by atoms with E-state index in [-0.39, 0.29) is 0 Å². The molecule has 2 heterocycles. The number of benzene rings is 2. The highest BCUT2D eigenvalue weighted by Crippen LogP contribution is 2.36. The molecule has 116 valence electrons. The van der Waals surface area contributed by atoms with E-state index in [9.17, 15) is 0 Å². The zero-order chi connectivity index (χ0) is 16.2. The van der Waals surface area contributed by atoms with Crippen LogP contribution in [0.25, 0.3) is 10.8 Å². The number of pyridine rings is 2. The topological polar surface area (TPSA) is 44.2 Å². The largest absolute Gasteiger partial charge is 0.457 e. The maximum absolute atomic E-state index is 5.99. The van der Waals surface area contributed by atoms with E-state index in [4.69, 9.17) is 9.47 Å². The van der Waals surface area contributed by atoms with Gasteiger partial charge in [0.25, 0.3) is 0 Å². The van der Waals surface area contributed by atoms with Crippen molar-refractivity contribution in [3.63, 3.8) is 0 Å². The Morgan fingerprint density at radius 1 is 0.500 bits per heavy atom. The number of hydrogen-bond donors (Lipinski definition) is 0. The van der Waals surface area contributed by atoms with Crippen LogP contribution in [-0.4, -0.2) is 9.97 Å². The lowest BCUT2D eigenvalue weighted by atomic mass is 10.1. The van der Waals surface area contributed by atoms with Crippen molar-refractivity contribution in [3.8, 4) is 23.0 Å². The predicted octanol–water partition coefficient (Wildman–Crippen LogP) is 5.21. The van der Waals surface area contributed by atoms with E-state index in [1.807, 2.05) is 60.7 Å². The third kappa shape index (κ3) is 2.90. The Labute approximate surface area is 139 Å². The Balaban J connectivity index is 1.74. The normalized spacial score (nSPS) is 10.5. The fraction of sp³-hybridized carbons (Fsp3) is 0. The Hall–Kier alpha value is -3.40. The zero-order valence-corrected chi connectivity index (χ0v) is 12.8. The first-order valence-electron chi connectivity index (χ1n) is 7.58. The van der Waals surface area contributed by atoms with E-state index in [0.29, 0.717) is 0 Å². The molecule has 0 aliphatic rings. The maximum atomic E-state index is 5.99. The minimum absolute atomic E-state index is 0.748. The monoisotopic (exact) mass is 314 g/mol. The van der Waals surface area contributed by atoms with Crippen molar-refractivity contribution in [2.24, 2.45) is 0 Å². The fourth-order valence-corrected chi connectivity index (χ4v) is 2.50. The lowest BCUT2D eigenvalue weighted by molar-refractivity contribution is 0.482. The van der Waals surface area contributed by atoms with Gasteiger partial charge in [-0.3, -0.25) is 9.97 Å². The molecule has 4 rings (SSSR count). The van der Waals surface area contributed by atoms with Crippen LogP contribution in [0.15, 0.2) is 85.5 Å². The van der Waals surface area contributed by atoms with Crippen molar-refractivity contribution in [2.75, 3.05) is 0 Å². The van der Waals surface area contributed by atoms with Gasteiger partial charge >= 0.3 is 0 Å². The van der Waals surface area contributed by atoms with Crippen LogP contribution in [0.2, 0.25) is 0 Å². The number of aromatic nitrogens is 2. The lowest BCUT2D eigenvalue weighted by Gasteiger charge is -2.12. The van der Waals surface area contributed by atoms with Crippen LogP contribution < -0.4 is 9.47 Å². The molecule has 0 fully saturated rings. The molecular formula is C20H14N2O2. The first-order chi connectivity index (χ1) is 11.9. The molecule has 0 N–H and O–H groups in total. The highest BCUT2D eigenvalue weighted by molar-refractivity contribution is 5.93. The molecule has 2 aromatic carbocycles. The summed E-state index contributed by atoms with van der Waals surface area (Å²) in [5, 5.41) is 1.97. The zero-order valence-electron chi connectivity index (χ0n) is 12.8. The van der Waals surface area contributed by atoms with Gasteiger partial charge in [0, 0.05) is 35.6 Å². The van der Waals surface area contributed by atoms with Crippen LogP contribution in [0, 0.1) is 0 Å². The fourth-order valence-electron chi connectivity index (χ4n) is 2.50. The molecular weight excluding hydrogens is 300 g/mol. The van der Waals surface area contributed by atoms with Crippen LogP contribution in [0.1, 0.15) is 0 Å². The summed E-state index contributed by atoms with van der Waals surface area (Å²) in [7, 11) is 0. The summed E-state index contributed by atoms with van der Waals surface area (Å²) in [6, 6.07) is 19.2. The van der Waals surface area contributed by atoms with Gasteiger partial charge < -0.3 is 9.47 Å². The van der Waals surface area contributed by atoms with Crippen LogP contribution in [-0.2, 0) is 0 Å². The Morgan fingerprint density at radius 3 is 1.33 bits per heavy atom. The number of nitrogens with zero attached hydrogens (tertiary/aromatic N) is 2. The van der Waals surface area contributed by atoms with Gasteiger partial charge in [-0.25, -0.2) is 0 Å². The van der Waals surface area contributed by atoms with E-state index in [0.717, 1.165) is 33.8 Å². The highest BCUT2D eigenvalue weighted by atomic mass is 16.5. The average Bonchev–Trinajstić information content (AvgIpc) is 2.64. The number of ether oxygens (including phenoxy) is 2. The molecule has 0 aliphatic carbocycles. The summed E-state index contributed by atoms with van der Waals surface area (Å²) in [4.78, 5) is 8.01. The van der Waals surface area contributed by atoms with Gasteiger partial charge in [-0.05, 0) is 36.4 Å².